The van der Waals surface area contributed by atoms with E-state index in [4.69, 9.17) is 4.98 Å². The number of carbonyl (C=O) groups is 1. The number of nitrogens with zero attached hydrogens (tertiary/aromatic N) is 4. The second-order valence-corrected chi connectivity index (χ2v) is 8.27. The standard InChI is InChI=1S/C18H25N5OS/c1-12(18-20-14-6-3-4-7-16(14)25-18)19-17(24)15-10-13-11-22(2)8-5-9-23(13)21-15/h10,12H,3-9,11H2,1-2H3,(H,19,24)/t12-/m1/s1. The SMILES string of the molecule is C[C@@H](NC(=O)c1cc2n(n1)CCCN(C)C2)c1nc2c(s1)CCCC2. The van der Waals surface area contributed by atoms with Crippen LogP contribution >= 0.6 is 11.3 Å². The minimum atomic E-state index is -0.108. The average Bonchev–Trinajstić information content (AvgIpc) is 3.15. The quantitative estimate of drug-likeness (QED) is 0.915. The first kappa shape index (κ1) is 16.7. The van der Waals surface area contributed by atoms with Gasteiger partial charge < -0.3 is 10.2 Å². The second kappa shape index (κ2) is 6.88. The van der Waals surface area contributed by atoms with Crippen LogP contribution in [0, 0.1) is 0 Å². The summed E-state index contributed by atoms with van der Waals surface area (Å²) < 4.78 is 1.98. The van der Waals surface area contributed by atoms with Crippen LogP contribution in [-0.2, 0) is 25.9 Å². The van der Waals surface area contributed by atoms with E-state index >= 15 is 0 Å². The van der Waals surface area contributed by atoms with Crippen molar-refractivity contribution in [1.29, 1.82) is 0 Å². The fraction of sp³-hybridized carbons (Fsp3) is 0.611. The van der Waals surface area contributed by atoms with Crippen LogP contribution in [0.2, 0.25) is 0 Å². The van der Waals surface area contributed by atoms with Crippen LogP contribution < -0.4 is 5.32 Å². The van der Waals surface area contributed by atoms with Gasteiger partial charge in [-0.1, -0.05) is 0 Å². The first-order chi connectivity index (χ1) is 12.1. The Morgan fingerprint density at radius 2 is 2.12 bits per heavy atom. The van der Waals surface area contributed by atoms with Gasteiger partial charge in [0.1, 0.15) is 5.01 Å². The van der Waals surface area contributed by atoms with Crippen molar-refractivity contribution in [2.75, 3.05) is 13.6 Å². The molecular weight excluding hydrogens is 334 g/mol. The molecule has 0 saturated carbocycles. The highest BCUT2D eigenvalue weighted by Gasteiger charge is 2.22. The van der Waals surface area contributed by atoms with Gasteiger partial charge in [-0.05, 0) is 52.1 Å². The number of hydrogen-bond acceptors (Lipinski definition) is 5. The van der Waals surface area contributed by atoms with Crippen molar-refractivity contribution in [3.8, 4) is 0 Å². The predicted molar refractivity (Wildman–Crippen MR) is 97.8 cm³/mol. The van der Waals surface area contributed by atoms with E-state index in [0.29, 0.717) is 5.69 Å². The monoisotopic (exact) mass is 359 g/mol. The van der Waals surface area contributed by atoms with E-state index in [1.807, 2.05) is 17.7 Å². The van der Waals surface area contributed by atoms with Crippen LogP contribution in [0.1, 0.15) is 64.0 Å². The number of carbonyl (C=O) groups excluding carboxylic acids is 1. The molecule has 25 heavy (non-hydrogen) atoms. The molecule has 3 heterocycles. The van der Waals surface area contributed by atoms with Crippen molar-refractivity contribution in [2.24, 2.45) is 0 Å². The molecule has 0 spiro atoms. The van der Waals surface area contributed by atoms with Crippen molar-refractivity contribution < 1.29 is 4.79 Å². The summed E-state index contributed by atoms with van der Waals surface area (Å²) in [6.45, 7) is 4.80. The maximum absolute atomic E-state index is 12.6. The molecule has 0 aromatic carbocycles. The maximum Gasteiger partial charge on any atom is 0.272 e. The lowest BCUT2D eigenvalue weighted by Crippen LogP contribution is -2.27. The molecule has 4 rings (SSSR count). The largest absolute Gasteiger partial charge is 0.342 e. The molecule has 2 aromatic rings. The molecule has 1 atom stereocenters. The number of amides is 1. The van der Waals surface area contributed by atoms with Crippen LogP contribution in [0.5, 0.6) is 0 Å². The van der Waals surface area contributed by atoms with Gasteiger partial charge in [-0.2, -0.15) is 5.10 Å². The Hall–Kier alpha value is -1.73. The summed E-state index contributed by atoms with van der Waals surface area (Å²) in [6.07, 6.45) is 5.76. The van der Waals surface area contributed by atoms with Crippen molar-refractivity contribution in [3.63, 3.8) is 0 Å². The Morgan fingerprint density at radius 1 is 1.28 bits per heavy atom. The van der Waals surface area contributed by atoms with Crippen LogP contribution in [0.4, 0.5) is 0 Å². The summed E-state index contributed by atoms with van der Waals surface area (Å²) in [5, 5.41) is 8.61. The van der Waals surface area contributed by atoms with Crippen LogP contribution in [0.25, 0.3) is 0 Å². The Kier molecular flexibility index (Phi) is 4.60. The van der Waals surface area contributed by atoms with Gasteiger partial charge >= 0.3 is 0 Å². The molecule has 1 amide bonds. The number of nitrogens with one attached hydrogen (secondary N) is 1. The molecule has 0 saturated heterocycles. The van der Waals surface area contributed by atoms with Crippen LogP contribution in [-0.4, -0.2) is 39.2 Å². The lowest BCUT2D eigenvalue weighted by molar-refractivity contribution is 0.0934. The van der Waals surface area contributed by atoms with Crippen LogP contribution in [0.15, 0.2) is 6.07 Å². The Balaban J connectivity index is 1.46. The molecule has 6 nitrogen and oxygen atoms in total. The molecular formula is C18H25N5OS. The lowest BCUT2D eigenvalue weighted by Gasteiger charge is -2.11. The lowest BCUT2D eigenvalue weighted by atomic mass is 10.0. The molecule has 1 aliphatic carbocycles. The number of fused-ring (bicyclic) bond motifs is 2. The Morgan fingerprint density at radius 3 is 2.96 bits per heavy atom. The van der Waals surface area contributed by atoms with Gasteiger partial charge in [-0.25, -0.2) is 4.98 Å². The van der Waals surface area contributed by atoms with Gasteiger partial charge in [0.2, 0.25) is 0 Å². The Labute approximate surface area is 152 Å². The summed E-state index contributed by atoms with van der Waals surface area (Å²) >= 11 is 1.75. The van der Waals surface area contributed by atoms with E-state index in [9.17, 15) is 4.79 Å². The topological polar surface area (TPSA) is 63.1 Å². The van der Waals surface area contributed by atoms with Gasteiger partial charge in [-0.15, -0.1) is 11.3 Å². The van der Waals surface area contributed by atoms with Crippen LogP contribution in [0.3, 0.4) is 0 Å². The Bertz CT molecular complexity index is 757. The molecule has 0 unspecified atom stereocenters. The third-order valence-electron chi connectivity index (χ3n) is 5.02. The van der Waals surface area contributed by atoms with Gasteiger partial charge in [0, 0.05) is 24.5 Å². The molecule has 0 bridgehead atoms. The zero-order chi connectivity index (χ0) is 17.4. The number of hydrogen-bond donors (Lipinski definition) is 1. The minimum absolute atomic E-state index is 0.0766. The molecule has 7 heteroatoms. The first-order valence-electron chi connectivity index (χ1n) is 9.15. The zero-order valence-electron chi connectivity index (χ0n) is 14.9. The van der Waals surface area contributed by atoms with E-state index in [0.717, 1.165) is 49.6 Å². The summed E-state index contributed by atoms with van der Waals surface area (Å²) in [6, 6.07) is 1.85. The van der Waals surface area contributed by atoms with E-state index < -0.39 is 0 Å². The molecule has 1 aliphatic heterocycles. The smallest absolute Gasteiger partial charge is 0.272 e. The van der Waals surface area contributed by atoms with Gasteiger partial charge in [0.15, 0.2) is 5.69 Å². The third kappa shape index (κ3) is 3.48. The van der Waals surface area contributed by atoms with Gasteiger partial charge in [0.05, 0.1) is 17.4 Å². The summed E-state index contributed by atoms with van der Waals surface area (Å²) in [7, 11) is 2.11. The molecule has 134 valence electrons. The number of rotatable bonds is 3. The number of aryl methyl sites for hydroxylation is 3. The van der Waals surface area contributed by atoms with Crippen molar-refractivity contribution in [2.45, 2.75) is 58.2 Å². The molecule has 2 aliphatic rings. The third-order valence-corrected chi connectivity index (χ3v) is 6.36. The van der Waals surface area contributed by atoms with E-state index in [1.54, 1.807) is 11.3 Å². The van der Waals surface area contributed by atoms with Gasteiger partial charge in [0.25, 0.3) is 5.91 Å². The highest BCUT2D eigenvalue weighted by Crippen LogP contribution is 2.29. The zero-order valence-corrected chi connectivity index (χ0v) is 15.7. The normalized spacial score (nSPS) is 19.0. The summed E-state index contributed by atoms with van der Waals surface area (Å²) in [4.78, 5) is 21.1. The van der Waals surface area contributed by atoms with Crippen molar-refractivity contribution >= 4 is 17.2 Å². The average molecular weight is 359 g/mol. The summed E-state index contributed by atoms with van der Waals surface area (Å²) in [5.74, 6) is -0.108. The highest BCUT2D eigenvalue weighted by atomic mass is 32.1. The summed E-state index contributed by atoms with van der Waals surface area (Å²) in [5.41, 5.74) is 2.87. The number of thiazole rings is 1. The molecule has 0 radical (unpaired) electrons. The maximum atomic E-state index is 12.6. The second-order valence-electron chi connectivity index (χ2n) is 7.16. The van der Waals surface area contributed by atoms with Crippen molar-refractivity contribution in [3.05, 3.63) is 33.0 Å². The van der Waals surface area contributed by atoms with E-state index in [-0.39, 0.29) is 11.9 Å². The van der Waals surface area contributed by atoms with Crippen molar-refractivity contribution in [1.82, 2.24) is 25.0 Å². The molecule has 1 N–H and O–H groups in total. The fourth-order valence-electron chi connectivity index (χ4n) is 3.62. The molecule has 0 fully saturated rings. The highest BCUT2D eigenvalue weighted by molar-refractivity contribution is 7.11. The number of aromatic nitrogens is 3. The van der Waals surface area contributed by atoms with Gasteiger partial charge in [-0.3, -0.25) is 9.48 Å². The minimum Gasteiger partial charge on any atom is -0.342 e. The predicted octanol–water partition coefficient (Wildman–Crippen LogP) is 2.54. The first-order valence-corrected chi connectivity index (χ1v) is 9.96. The molecule has 2 aromatic heterocycles. The van der Waals surface area contributed by atoms with E-state index in [1.165, 1.54) is 23.4 Å². The van der Waals surface area contributed by atoms with E-state index in [2.05, 4.69) is 22.4 Å². The fourth-order valence-corrected chi connectivity index (χ4v) is 4.78.